The fourth-order valence-corrected chi connectivity index (χ4v) is 2.85. The highest BCUT2D eigenvalue weighted by atomic mass is 16.5. The van der Waals surface area contributed by atoms with Gasteiger partial charge in [-0.05, 0) is 66.3 Å². The Morgan fingerprint density at radius 2 is 1.28 bits per heavy atom. The molecule has 154 valence electrons. The van der Waals surface area contributed by atoms with E-state index in [2.05, 4.69) is 6.07 Å². The van der Waals surface area contributed by atoms with E-state index in [-0.39, 0.29) is 24.7 Å². The Kier molecular flexibility index (Phi) is 9.02. The Morgan fingerprint density at radius 1 is 0.690 bits per heavy atom. The van der Waals surface area contributed by atoms with E-state index in [4.69, 9.17) is 25.2 Å². The molecule has 0 unspecified atom stereocenters. The normalized spacial score (nSPS) is 10.2. The highest BCUT2D eigenvalue weighted by Crippen LogP contribution is 2.20. The summed E-state index contributed by atoms with van der Waals surface area (Å²) in [5.74, 6) is 0.907. The van der Waals surface area contributed by atoms with Crippen LogP contribution in [0.15, 0.2) is 66.7 Å². The first kappa shape index (κ1) is 22.3. The van der Waals surface area contributed by atoms with Gasteiger partial charge in [0.2, 0.25) is 0 Å². The lowest BCUT2D eigenvalue weighted by atomic mass is 10.1. The van der Waals surface area contributed by atoms with Crippen molar-refractivity contribution in [1.82, 2.24) is 0 Å². The minimum Gasteiger partial charge on any atom is -0.508 e. The maximum Gasteiger partial charge on any atom is 0.120 e. The van der Waals surface area contributed by atoms with E-state index in [1.54, 1.807) is 0 Å². The molecule has 0 spiro atoms. The molecule has 0 fully saturated rings. The first-order chi connectivity index (χ1) is 14.0. The van der Waals surface area contributed by atoms with Crippen molar-refractivity contribution in [3.05, 3.63) is 89.0 Å². The third-order valence-electron chi connectivity index (χ3n) is 4.12. The lowest BCUT2D eigenvalue weighted by Gasteiger charge is -2.09. The van der Waals surface area contributed by atoms with Crippen LogP contribution in [0.4, 0.5) is 0 Å². The molecule has 0 atom stereocenters. The Labute approximate surface area is 171 Å². The maximum atomic E-state index is 8.98. The number of phenols is 2. The van der Waals surface area contributed by atoms with Crippen LogP contribution in [-0.2, 0) is 19.4 Å². The van der Waals surface area contributed by atoms with E-state index in [1.807, 2.05) is 49.4 Å². The zero-order valence-electron chi connectivity index (χ0n) is 16.6. The summed E-state index contributed by atoms with van der Waals surface area (Å²) in [7, 11) is 0. The predicted octanol–water partition coefficient (Wildman–Crippen LogP) is 3.74. The number of phenolic OH excluding ortho intramolecular Hbond substituents is 2. The molecule has 5 nitrogen and oxygen atoms in total. The van der Waals surface area contributed by atoms with Crippen LogP contribution in [0.3, 0.4) is 0 Å². The van der Waals surface area contributed by atoms with E-state index < -0.39 is 0 Å². The second-order valence-electron chi connectivity index (χ2n) is 6.73. The van der Waals surface area contributed by atoms with Gasteiger partial charge in [-0.3, -0.25) is 0 Å². The molecule has 4 N–H and O–H groups in total. The van der Waals surface area contributed by atoms with Gasteiger partial charge in [-0.1, -0.05) is 36.4 Å². The summed E-state index contributed by atoms with van der Waals surface area (Å²) in [4.78, 5) is 0. The monoisotopic (exact) mass is 396 g/mol. The van der Waals surface area contributed by atoms with Crippen molar-refractivity contribution in [2.45, 2.75) is 26.4 Å². The molecule has 0 heterocycles. The Balaban J connectivity index is 0.000000234. The maximum absolute atomic E-state index is 8.98. The second-order valence-corrected chi connectivity index (χ2v) is 6.73. The summed E-state index contributed by atoms with van der Waals surface area (Å²) < 4.78 is 5.78. The SMILES string of the molecule is Cc1cc(CCO)cc(OCc2ccccc2)c1.OCCc1cc(O)cc(O)c1. The molecule has 3 aromatic rings. The average Bonchev–Trinajstić information content (AvgIpc) is 2.67. The van der Waals surface area contributed by atoms with Gasteiger partial charge in [0, 0.05) is 19.3 Å². The highest BCUT2D eigenvalue weighted by molar-refractivity contribution is 5.36. The van der Waals surface area contributed by atoms with Gasteiger partial charge in [0.1, 0.15) is 23.9 Å². The number of rotatable bonds is 7. The molecular weight excluding hydrogens is 368 g/mol. The van der Waals surface area contributed by atoms with Crippen molar-refractivity contribution in [3.63, 3.8) is 0 Å². The average molecular weight is 396 g/mol. The number of aromatic hydroxyl groups is 2. The second kappa shape index (κ2) is 11.7. The molecular formula is C24H28O5. The zero-order valence-corrected chi connectivity index (χ0v) is 16.6. The quantitative estimate of drug-likeness (QED) is 0.488. The fraction of sp³-hybridized carbons (Fsp3) is 0.250. The number of aliphatic hydroxyl groups is 2. The van der Waals surface area contributed by atoms with Crippen LogP contribution in [-0.4, -0.2) is 33.6 Å². The van der Waals surface area contributed by atoms with Crippen molar-refractivity contribution >= 4 is 0 Å². The highest BCUT2D eigenvalue weighted by Gasteiger charge is 2.00. The van der Waals surface area contributed by atoms with Crippen LogP contribution in [0.5, 0.6) is 17.2 Å². The summed E-state index contributed by atoms with van der Waals surface area (Å²) in [6, 6.07) is 20.5. The lowest BCUT2D eigenvalue weighted by molar-refractivity contribution is 0.296. The third kappa shape index (κ3) is 8.25. The van der Waals surface area contributed by atoms with Crippen LogP contribution < -0.4 is 4.74 Å². The van der Waals surface area contributed by atoms with Gasteiger partial charge in [0.25, 0.3) is 0 Å². The van der Waals surface area contributed by atoms with Gasteiger partial charge >= 0.3 is 0 Å². The Morgan fingerprint density at radius 3 is 1.86 bits per heavy atom. The minimum absolute atomic E-state index is 0.0168. The molecule has 29 heavy (non-hydrogen) atoms. The van der Waals surface area contributed by atoms with Crippen LogP contribution in [0.1, 0.15) is 22.3 Å². The molecule has 0 aliphatic carbocycles. The van der Waals surface area contributed by atoms with Crippen molar-refractivity contribution in [3.8, 4) is 17.2 Å². The fourth-order valence-electron chi connectivity index (χ4n) is 2.85. The van der Waals surface area contributed by atoms with Gasteiger partial charge in [-0.2, -0.15) is 0 Å². The molecule has 5 heteroatoms. The molecule has 3 aromatic carbocycles. The first-order valence-electron chi connectivity index (χ1n) is 9.51. The summed E-state index contributed by atoms with van der Waals surface area (Å²) in [5, 5.41) is 35.5. The number of hydrogen-bond acceptors (Lipinski definition) is 5. The van der Waals surface area contributed by atoms with E-state index in [0.717, 1.165) is 28.0 Å². The van der Waals surface area contributed by atoms with Gasteiger partial charge in [-0.25, -0.2) is 0 Å². The molecule has 0 aromatic heterocycles. The number of aliphatic hydroxyl groups excluding tert-OH is 2. The molecule has 0 bridgehead atoms. The minimum atomic E-state index is 0.0168. The molecule has 0 aliphatic rings. The van der Waals surface area contributed by atoms with Crippen molar-refractivity contribution in [1.29, 1.82) is 0 Å². The summed E-state index contributed by atoms with van der Waals surface area (Å²) in [6.07, 6.45) is 1.12. The zero-order chi connectivity index (χ0) is 21.1. The van der Waals surface area contributed by atoms with Crippen LogP contribution in [0.25, 0.3) is 0 Å². The number of ether oxygens (including phenoxy) is 1. The molecule has 3 rings (SSSR count). The van der Waals surface area contributed by atoms with Crippen molar-refractivity contribution in [2.24, 2.45) is 0 Å². The van der Waals surface area contributed by atoms with Gasteiger partial charge < -0.3 is 25.2 Å². The lowest BCUT2D eigenvalue weighted by Crippen LogP contribution is -1.97. The Hall–Kier alpha value is -3.02. The van der Waals surface area contributed by atoms with Crippen molar-refractivity contribution in [2.75, 3.05) is 13.2 Å². The summed E-state index contributed by atoms with van der Waals surface area (Å²) in [6.45, 7) is 2.80. The molecule has 0 saturated heterocycles. The molecule has 0 aliphatic heterocycles. The molecule has 0 saturated carbocycles. The Bertz CT molecular complexity index is 857. The summed E-state index contributed by atoms with van der Waals surface area (Å²) >= 11 is 0. The van der Waals surface area contributed by atoms with E-state index in [9.17, 15) is 0 Å². The van der Waals surface area contributed by atoms with E-state index >= 15 is 0 Å². The topological polar surface area (TPSA) is 90.2 Å². The van der Waals surface area contributed by atoms with Crippen LogP contribution in [0.2, 0.25) is 0 Å². The number of benzene rings is 3. The van der Waals surface area contributed by atoms with E-state index in [0.29, 0.717) is 19.4 Å². The van der Waals surface area contributed by atoms with Gasteiger partial charge in [0.05, 0.1) is 0 Å². The largest absolute Gasteiger partial charge is 0.508 e. The number of hydrogen-bond donors (Lipinski definition) is 4. The first-order valence-corrected chi connectivity index (χ1v) is 9.51. The van der Waals surface area contributed by atoms with Gasteiger partial charge in [0.15, 0.2) is 0 Å². The molecule has 0 radical (unpaired) electrons. The summed E-state index contributed by atoms with van der Waals surface area (Å²) in [5.41, 5.74) is 4.15. The predicted molar refractivity (Wildman–Crippen MR) is 113 cm³/mol. The van der Waals surface area contributed by atoms with E-state index in [1.165, 1.54) is 18.2 Å². The van der Waals surface area contributed by atoms with Gasteiger partial charge in [-0.15, -0.1) is 0 Å². The van der Waals surface area contributed by atoms with Crippen LogP contribution in [0, 0.1) is 6.92 Å². The smallest absolute Gasteiger partial charge is 0.120 e. The molecule has 0 amide bonds. The van der Waals surface area contributed by atoms with Crippen LogP contribution >= 0.6 is 0 Å². The number of aryl methyl sites for hydroxylation is 1. The standard InChI is InChI=1S/C16H18O2.C8H10O3/c1-13-9-15(7-8-17)11-16(10-13)18-12-14-5-3-2-4-6-14;9-2-1-6-3-7(10)5-8(11)4-6/h2-6,9-11,17H,7-8,12H2,1H3;3-5,9-11H,1-2H2. The third-order valence-corrected chi connectivity index (χ3v) is 4.12. The van der Waals surface area contributed by atoms with Crippen molar-refractivity contribution < 1.29 is 25.2 Å².